The van der Waals surface area contributed by atoms with Crippen LogP contribution >= 0.6 is 0 Å². The Morgan fingerprint density at radius 3 is 2.65 bits per heavy atom. The Balaban J connectivity index is 2.33. The smallest absolute Gasteiger partial charge is 0.269 e. The number of non-ortho nitro benzene ring substituents is 1. The summed E-state index contributed by atoms with van der Waals surface area (Å²) in [4.78, 5) is 18.4. The molecule has 1 aromatic heterocycles. The Morgan fingerprint density at radius 2 is 2.05 bits per heavy atom. The van der Waals surface area contributed by atoms with Gasteiger partial charge in [-0.25, -0.2) is 9.97 Å². The van der Waals surface area contributed by atoms with Crippen molar-refractivity contribution >= 4 is 11.5 Å². The van der Waals surface area contributed by atoms with Crippen LogP contribution in [0.1, 0.15) is 11.1 Å². The van der Waals surface area contributed by atoms with Crippen LogP contribution in [0.3, 0.4) is 0 Å². The summed E-state index contributed by atoms with van der Waals surface area (Å²) in [7, 11) is 1.76. The zero-order valence-corrected chi connectivity index (χ0v) is 11.4. The molecular weight excluding hydrogens is 260 g/mol. The topological polar surface area (TPSA) is 90.2 Å². The molecule has 1 aromatic carbocycles. The number of nitro benzene ring substituents is 1. The Labute approximate surface area is 115 Å². The third-order valence-electron chi connectivity index (χ3n) is 2.85. The van der Waals surface area contributed by atoms with E-state index < -0.39 is 4.92 Å². The molecule has 0 saturated heterocycles. The van der Waals surface area contributed by atoms with Gasteiger partial charge in [0.25, 0.3) is 5.69 Å². The molecule has 0 amide bonds. The minimum absolute atomic E-state index is 0.0326. The van der Waals surface area contributed by atoms with E-state index in [9.17, 15) is 10.1 Å². The quantitative estimate of drug-likeness (QED) is 0.681. The van der Waals surface area contributed by atoms with Crippen LogP contribution in [0.5, 0.6) is 11.6 Å². The molecule has 0 aliphatic heterocycles. The summed E-state index contributed by atoms with van der Waals surface area (Å²) in [5, 5.41) is 13.6. The van der Waals surface area contributed by atoms with Gasteiger partial charge in [0, 0.05) is 19.2 Å². The zero-order valence-electron chi connectivity index (χ0n) is 11.4. The van der Waals surface area contributed by atoms with Crippen molar-refractivity contribution in [1.82, 2.24) is 9.97 Å². The average molecular weight is 274 g/mol. The second-order valence-corrected chi connectivity index (χ2v) is 4.21. The monoisotopic (exact) mass is 274 g/mol. The van der Waals surface area contributed by atoms with Gasteiger partial charge in [0.1, 0.15) is 17.9 Å². The minimum Gasteiger partial charge on any atom is -0.438 e. The van der Waals surface area contributed by atoms with Crippen molar-refractivity contribution in [2.24, 2.45) is 0 Å². The molecule has 7 heteroatoms. The number of aromatic nitrogens is 2. The first-order chi connectivity index (χ1) is 9.52. The van der Waals surface area contributed by atoms with E-state index in [0.29, 0.717) is 23.0 Å². The minimum atomic E-state index is -0.439. The van der Waals surface area contributed by atoms with Gasteiger partial charge >= 0.3 is 0 Å². The lowest BCUT2D eigenvalue weighted by molar-refractivity contribution is -0.384. The number of rotatable bonds is 4. The van der Waals surface area contributed by atoms with E-state index in [1.807, 2.05) is 6.92 Å². The molecule has 7 nitrogen and oxygen atoms in total. The first-order valence-electron chi connectivity index (χ1n) is 5.95. The van der Waals surface area contributed by atoms with E-state index in [1.54, 1.807) is 20.0 Å². The summed E-state index contributed by atoms with van der Waals surface area (Å²) in [5.74, 6) is 1.62. The highest BCUT2D eigenvalue weighted by Gasteiger charge is 2.12. The number of ether oxygens (including phenoxy) is 1. The van der Waals surface area contributed by atoms with Gasteiger partial charge in [-0.05, 0) is 25.5 Å². The second kappa shape index (κ2) is 5.52. The molecular formula is C13H14N4O3. The SMILES string of the molecule is CNc1ncnc(Oc2ccc([N+](=O)[O-])cc2C)c1C. The van der Waals surface area contributed by atoms with E-state index in [2.05, 4.69) is 15.3 Å². The number of hydrogen-bond donors (Lipinski definition) is 1. The molecule has 2 rings (SSSR count). The molecule has 0 aliphatic rings. The third kappa shape index (κ3) is 2.66. The lowest BCUT2D eigenvalue weighted by atomic mass is 10.2. The summed E-state index contributed by atoms with van der Waals surface area (Å²) in [6.07, 6.45) is 1.40. The summed E-state index contributed by atoms with van der Waals surface area (Å²) < 4.78 is 5.70. The van der Waals surface area contributed by atoms with Gasteiger partial charge in [0.15, 0.2) is 0 Å². The fraction of sp³-hybridized carbons (Fsp3) is 0.231. The highest BCUT2D eigenvalue weighted by atomic mass is 16.6. The number of anilines is 1. The van der Waals surface area contributed by atoms with Gasteiger partial charge < -0.3 is 10.1 Å². The number of benzene rings is 1. The molecule has 0 fully saturated rings. The Bertz CT molecular complexity index is 658. The zero-order chi connectivity index (χ0) is 14.7. The number of hydrogen-bond acceptors (Lipinski definition) is 6. The van der Waals surface area contributed by atoms with Crippen molar-refractivity contribution in [3.05, 3.63) is 45.8 Å². The van der Waals surface area contributed by atoms with Crippen LogP contribution in [-0.2, 0) is 0 Å². The lowest BCUT2D eigenvalue weighted by Gasteiger charge is -2.11. The maximum atomic E-state index is 10.7. The Morgan fingerprint density at radius 1 is 1.30 bits per heavy atom. The molecule has 0 radical (unpaired) electrons. The van der Waals surface area contributed by atoms with Crippen LogP contribution in [0.2, 0.25) is 0 Å². The number of nitrogens with one attached hydrogen (secondary N) is 1. The Kier molecular flexibility index (Phi) is 3.79. The van der Waals surface area contributed by atoms with Gasteiger partial charge in [0.05, 0.1) is 10.5 Å². The molecule has 0 saturated carbocycles. The van der Waals surface area contributed by atoms with Crippen LogP contribution in [0, 0.1) is 24.0 Å². The maximum Gasteiger partial charge on any atom is 0.269 e. The summed E-state index contributed by atoms with van der Waals surface area (Å²) in [6, 6.07) is 4.43. The first kappa shape index (κ1) is 13.7. The summed E-state index contributed by atoms with van der Waals surface area (Å²) in [5.41, 5.74) is 1.47. The van der Waals surface area contributed by atoms with Crippen LogP contribution in [0.4, 0.5) is 11.5 Å². The molecule has 0 spiro atoms. The number of nitrogens with zero attached hydrogens (tertiary/aromatic N) is 3. The molecule has 1 heterocycles. The van der Waals surface area contributed by atoms with E-state index >= 15 is 0 Å². The van der Waals surface area contributed by atoms with Gasteiger partial charge in [-0.3, -0.25) is 10.1 Å². The summed E-state index contributed by atoms with van der Waals surface area (Å²) >= 11 is 0. The van der Waals surface area contributed by atoms with Crippen LogP contribution in [-0.4, -0.2) is 21.9 Å². The van der Waals surface area contributed by atoms with Gasteiger partial charge in [-0.15, -0.1) is 0 Å². The Hall–Kier alpha value is -2.70. The molecule has 20 heavy (non-hydrogen) atoms. The maximum absolute atomic E-state index is 10.7. The fourth-order valence-corrected chi connectivity index (χ4v) is 1.75. The van der Waals surface area contributed by atoms with Crippen LogP contribution in [0.25, 0.3) is 0 Å². The largest absolute Gasteiger partial charge is 0.438 e. The highest BCUT2D eigenvalue weighted by molar-refractivity contribution is 5.50. The average Bonchev–Trinajstić information content (AvgIpc) is 2.43. The standard InChI is InChI=1S/C13H14N4O3/c1-8-6-10(17(18)19)4-5-11(8)20-13-9(2)12(14-3)15-7-16-13/h4-7H,1-3H3,(H,14,15,16). The molecule has 0 aliphatic carbocycles. The predicted molar refractivity (Wildman–Crippen MR) is 74.2 cm³/mol. The van der Waals surface area contributed by atoms with Gasteiger partial charge in [-0.1, -0.05) is 0 Å². The first-order valence-corrected chi connectivity index (χ1v) is 5.95. The van der Waals surface area contributed by atoms with E-state index in [-0.39, 0.29) is 5.69 Å². The third-order valence-corrected chi connectivity index (χ3v) is 2.85. The van der Waals surface area contributed by atoms with E-state index in [4.69, 9.17) is 4.74 Å². The molecule has 0 unspecified atom stereocenters. The van der Waals surface area contributed by atoms with E-state index in [1.165, 1.54) is 18.5 Å². The van der Waals surface area contributed by atoms with Gasteiger partial charge in [-0.2, -0.15) is 0 Å². The van der Waals surface area contributed by atoms with E-state index in [0.717, 1.165) is 5.56 Å². The van der Waals surface area contributed by atoms with Crippen molar-refractivity contribution in [1.29, 1.82) is 0 Å². The molecule has 1 N–H and O–H groups in total. The number of aryl methyl sites for hydroxylation is 1. The molecule has 2 aromatic rings. The van der Waals surface area contributed by atoms with Crippen molar-refractivity contribution in [3.8, 4) is 11.6 Å². The predicted octanol–water partition coefficient (Wildman–Crippen LogP) is 2.84. The lowest BCUT2D eigenvalue weighted by Crippen LogP contribution is -2.00. The highest BCUT2D eigenvalue weighted by Crippen LogP contribution is 2.30. The second-order valence-electron chi connectivity index (χ2n) is 4.21. The van der Waals surface area contributed by atoms with Crippen LogP contribution in [0.15, 0.2) is 24.5 Å². The fourth-order valence-electron chi connectivity index (χ4n) is 1.75. The normalized spacial score (nSPS) is 10.2. The van der Waals surface area contributed by atoms with Gasteiger partial charge in [0.2, 0.25) is 5.88 Å². The molecule has 104 valence electrons. The summed E-state index contributed by atoms with van der Waals surface area (Å²) in [6.45, 7) is 3.58. The van der Waals surface area contributed by atoms with Crippen LogP contribution < -0.4 is 10.1 Å². The number of nitro groups is 1. The van der Waals surface area contributed by atoms with Crippen molar-refractivity contribution in [2.75, 3.05) is 12.4 Å². The van der Waals surface area contributed by atoms with Crippen molar-refractivity contribution in [3.63, 3.8) is 0 Å². The van der Waals surface area contributed by atoms with Crippen molar-refractivity contribution < 1.29 is 9.66 Å². The van der Waals surface area contributed by atoms with Crippen molar-refractivity contribution in [2.45, 2.75) is 13.8 Å². The molecule has 0 bridgehead atoms. The molecule has 0 atom stereocenters.